The minimum Gasteiger partial charge on any atom is -0.373 e. The molecule has 0 spiro atoms. The van der Waals surface area contributed by atoms with Crippen LogP contribution < -0.4 is 0 Å². The quantitative estimate of drug-likeness (QED) is 0.120. The van der Waals surface area contributed by atoms with Gasteiger partial charge in [-0.15, -0.1) is 38.1 Å². The molecule has 0 fully saturated rings. The van der Waals surface area contributed by atoms with Gasteiger partial charge >= 0.3 is 169 Å². The van der Waals surface area contributed by atoms with E-state index in [4.69, 9.17) is 0 Å². The average molecular weight is 2310 g/mol. The summed E-state index contributed by atoms with van der Waals surface area (Å²) in [5, 5.41) is 0. The van der Waals surface area contributed by atoms with Gasteiger partial charge in [-0.1, -0.05) is 33.6 Å². The monoisotopic (exact) mass is 2310 g/mol. The molecule has 362 valence electrons. The van der Waals surface area contributed by atoms with Crippen LogP contribution in [-0.4, -0.2) is 0 Å². The molecule has 73 heavy (non-hydrogen) atoms. The molecule has 0 aliphatic carbocycles. The molecule has 0 unspecified atom stereocenters. The van der Waals surface area contributed by atoms with Crippen molar-refractivity contribution in [1.82, 2.24) is 0 Å². The molecule has 0 aromatic heterocycles. The minimum atomic E-state index is 0. The van der Waals surface area contributed by atoms with Crippen molar-refractivity contribution >= 4 is 0 Å². The summed E-state index contributed by atoms with van der Waals surface area (Å²) in [4.78, 5) is 0. The Hall–Kier alpha value is -1.77. The summed E-state index contributed by atoms with van der Waals surface area (Å²) in [5.41, 5.74) is 26.4. The van der Waals surface area contributed by atoms with Crippen LogP contribution in [-0.2, 0) is 194 Å². The normalized spacial score (nSPS) is 9.77. The van der Waals surface area contributed by atoms with Crippen molar-refractivity contribution in [3.8, 4) is 44.5 Å². The number of rotatable bonds is 10. The van der Waals surface area contributed by atoms with Crippen molar-refractivity contribution in [2.75, 3.05) is 0 Å². The van der Waals surface area contributed by atoms with E-state index in [1.807, 2.05) is 36.4 Å². The molecule has 0 bridgehead atoms. The summed E-state index contributed by atoms with van der Waals surface area (Å²) < 4.78 is 0. The molecule has 8 aromatic rings. The Bertz CT molecular complexity index is 3040. The maximum absolute atomic E-state index is 4.50. The molecule has 8 heteroatoms. The summed E-state index contributed by atoms with van der Waals surface area (Å²) in [6, 6.07) is 57.3. The Morgan fingerprint density at radius 3 is 1.14 bits per heavy atom. The van der Waals surface area contributed by atoms with Gasteiger partial charge in [0.25, 0.3) is 0 Å². The van der Waals surface area contributed by atoms with E-state index in [-0.39, 0.29) is 169 Å². The van der Waals surface area contributed by atoms with Gasteiger partial charge in [-0.25, -0.2) is 92.5 Å². The second kappa shape index (κ2) is 33.5. The van der Waals surface area contributed by atoms with Crippen LogP contribution >= 0.6 is 0 Å². The molecule has 0 amide bonds. The van der Waals surface area contributed by atoms with E-state index >= 15 is 0 Å². The predicted molar refractivity (Wildman–Crippen MR) is 272 cm³/mol. The summed E-state index contributed by atoms with van der Waals surface area (Å²) in [7, 11) is 0. The molecule has 0 heterocycles. The summed E-state index contributed by atoms with van der Waals surface area (Å²) in [6.07, 6.45) is 3.07. The molecule has 8 rings (SSSR count). The molecule has 0 aliphatic rings. The zero-order valence-electron chi connectivity index (χ0n) is 41.9. The van der Waals surface area contributed by atoms with Crippen molar-refractivity contribution in [3.63, 3.8) is 0 Å². The zero-order chi connectivity index (χ0) is 46.5. The molecule has 8 aromatic carbocycles. The van der Waals surface area contributed by atoms with Crippen LogP contribution in [0.5, 0.6) is 0 Å². The summed E-state index contributed by atoms with van der Waals surface area (Å²) in [5.74, 6) is 0. The molecule has 0 N–H and O–H groups in total. The maximum atomic E-state index is 4.50. The van der Waals surface area contributed by atoms with Gasteiger partial charge in [0.1, 0.15) is 0 Å². The van der Waals surface area contributed by atoms with Crippen molar-refractivity contribution in [2.24, 2.45) is 0 Å². The molecular weight excluding hydrogens is 2250 g/mol. The maximum Gasteiger partial charge on any atom is 2.00 e. The van der Waals surface area contributed by atoms with Gasteiger partial charge in [-0.2, -0.15) is 58.9 Å². The smallest absolute Gasteiger partial charge is 0.373 e. The Balaban J connectivity index is 0. The first-order valence-corrected chi connectivity index (χ1v) is 22.1. The topological polar surface area (TPSA) is 0 Å². The predicted octanol–water partition coefficient (Wildman–Crippen LogP) is 15.1. The minimum absolute atomic E-state index is 0. The van der Waals surface area contributed by atoms with E-state index in [1.165, 1.54) is 16.7 Å². The second-order valence-electron chi connectivity index (χ2n) is 16.7. The third-order valence-electron chi connectivity index (χ3n) is 12.5. The van der Waals surface area contributed by atoms with Gasteiger partial charge in [0, 0.05) is 0 Å². The SMILES string of the molecule is [CH2-]c1[c-]ccc(-c2cc(C)[c-]c([CH2-])c2CC)c1.[CH2-]c1[c-]ccc(-c2cc[c-]c([CH2-])c2Cc2c([CH2-])[c-]ccc2-c2cc[c-]c([CH2-])c2Cc2c([CH2-])[c-]c(CC)cc2-c2cc[c-]c([CH2-])c2C)c1C.[W+2].[W+2].[W+2].[W+2].[W+2].[W+2].[W+2].[W+2]. The van der Waals surface area contributed by atoms with Gasteiger partial charge in [0.15, 0.2) is 0 Å². The Morgan fingerprint density at radius 2 is 0.712 bits per heavy atom. The van der Waals surface area contributed by atoms with Crippen LogP contribution in [0.1, 0.15) is 108 Å². The average Bonchev–Trinajstić information content (AvgIpc) is 3.28. The van der Waals surface area contributed by atoms with Crippen LogP contribution in [0.25, 0.3) is 44.5 Å². The molecule has 0 atom stereocenters. The number of aryl methyl sites for hydroxylation is 2. The van der Waals surface area contributed by atoms with E-state index in [0.29, 0.717) is 12.8 Å². The molecule has 0 saturated carbocycles. The molecule has 0 nitrogen and oxygen atoms in total. The Morgan fingerprint density at radius 1 is 0.342 bits per heavy atom. The Labute approximate surface area is 555 Å². The Kier molecular flexibility index (Phi) is 33.6. The number of hydrogen-bond donors (Lipinski definition) is 0. The molecule has 0 radical (unpaired) electrons. The van der Waals surface area contributed by atoms with Gasteiger partial charge in [0.2, 0.25) is 0 Å². The molecule has 0 saturated heterocycles. The van der Waals surface area contributed by atoms with Crippen LogP contribution in [0.4, 0.5) is 0 Å². The van der Waals surface area contributed by atoms with Gasteiger partial charge in [0.05, 0.1) is 0 Å². The van der Waals surface area contributed by atoms with Crippen molar-refractivity contribution in [1.29, 1.82) is 0 Å². The van der Waals surface area contributed by atoms with Crippen LogP contribution in [0.3, 0.4) is 0 Å². The second-order valence-corrected chi connectivity index (χ2v) is 16.7. The van der Waals surface area contributed by atoms with E-state index in [1.54, 1.807) is 0 Å². The van der Waals surface area contributed by atoms with Gasteiger partial charge in [-0.05, 0) is 0 Å². The van der Waals surface area contributed by atoms with Crippen molar-refractivity contribution < 1.29 is 169 Å². The largest absolute Gasteiger partial charge is 2.00 e. The van der Waals surface area contributed by atoms with E-state index in [0.717, 1.165) is 135 Å². The van der Waals surface area contributed by atoms with Crippen LogP contribution in [0, 0.1) is 125 Å². The standard InChI is InChI=1S/C48H38.C17H16.8W/c1-10-38-26-35(7)47(48(27-38)40-22-12-17-31(3)37(40)9)29-46-34(6)20-15-25-43(46)42-24-14-19-33(5)45(42)28-44-32(4)18-13-23-41(44)39-21-11-16-30(2)36(39)8;1-5-16-14(4)9-13(3)11-17(16)15-8-6-7-12(2)10-15;;;;;;;;/h11-15,21-25,27H,2-7,10,28-29H2,1,8-9H3;6,8,10-11H,2,4-5H2,1,3H3;;;;;;;;/q-12;-4;8*+2. The van der Waals surface area contributed by atoms with E-state index < -0.39 is 0 Å². The summed E-state index contributed by atoms with van der Waals surface area (Å²) >= 11 is 0. The first-order chi connectivity index (χ1) is 31.2. The van der Waals surface area contributed by atoms with Gasteiger partial charge < -0.3 is 74.2 Å². The molecule has 0 aliphatic heterocycles. The van der Waals surface area contributed by atoms with Crippen LogP contribution in [0.15, 0.2) is 91.0 Å². The van der Waals surface area contributed by atoms with E-state index in [2.05, 4.69) is 193 Å². The number of hydrogen-bond acceptors (Lipinski definition) is 0. The zero-order valence-corrected chi connectivity index (χ0v) is 65.4. The van der Waals surface area contributed by atoms with E-state index in [9.17, 15) is 0 Å². The van der Waals surface area contributed by atoms with Crippen LogP contribution in [0.2, 0.25) is 0 Å². The first-order valence-electron chi connectivity index (χ1n) is 22.1. The summed E-state index contributed by atoms with van der Waals surface area (Å²) in [6.45, 7) is 44.8. The fraction of sp³-hybridized carbons (Fsp3) is 0.138. The van der Waals surface area contributed by atoms with Crippen molar-refractivity contribution in [2.45, 2.75) is 60.3 Å². The first kappa shape index (κ1) is 73.3. The van der Waals surface area contributed by atoms with Crippen molar-refractivity contribution in [3.05, 3.63) is 289 Å². The third kappa shape index (κ3) is 17.1. The third-order valence-corrected chi connectivity index (χ3v) is 12.5. The van der Waals surface area contributed by atoms with Gasteiger partial charge in [-0.3, -0.25) is 97.0 Å². The molecular formula is C65H54W8. The fourth-order valence-electron chi connectivity index (χ4n) is 8.79. The fourth-order valence-corrected chi connectivity index (χ4v) is 8.79. The number of benzene rings is 8.